The third-order valence-corrected chi connectivity index (χ3v) is 5.46. The molecule has 1 saturated heterocycles. The fraction of sp³-hybridized carbons (Fsp3) is 0.571. The molecule has 0 amide bonds. The summed E-state index contributed by atoms with van der Waals surface area (Å²) < 4.78 is 6.59. The van der Waals surface area contributed by atoms with E-state index in [0.29, 0.717) is 0 Å². The highest BCUT2D eigenvalue weighted by molar-refractivity contribution is 7.80. The van der Waals surface area contributed by atoms with Crippen LogP contribution < -0.4 is 10.2 Å². The molecule has 4 rings (SSSR count). The van der Waals surface area contributed by atoms with Gasteiger partial charge < -0.3 is 14.8 Å². The first-order valence-electron chi connectivity index (χ1n) is 7.60. The largest absolute Gasteiger partial charge is 0.321 e. The lowest BCUT2D eigenvalue weighted by Crippen LogP contribution is -2.34. The third-order valence-electron chi connectivity index (χ3n) is 4.23. The SMILES string of the molecule is Cc1nsc(-c2nc(N3CCCC3=S)c3n2CCN[C@@H]3C)n1. The Morgan fingerprint density at radius 1 is 1.32 bits per heavy atom. The Morgan fingerprint density at radius 2 is 2.18 bits per heavy atom. The quantitative estimate of drug-likeness (QED) is 0.851. The van der Waals surface area contributed by atoms with Gasteiger partial charge in [-0.15, -0.1) is 0 Å². The zero-order valence-corrected chi connectivity index (χ0v) is 14.3. The summed E-state index contributed by atoms with van der Waals surface area (Å²) in [6, 6.07) is 0.266. The molecular formula is C14H18N6S2. The van der Waals surface area contributed by atoms with Crippen LogP contribution in [0.3, 0.4) is 0 Å². The average molecular weight is 334 g/mol. The number of nitrogens with one attached hydrogen (secondary N) is 1. The fourth-order valence-corrected chi connectivity index (χ4v) is 4.21. The number of fused-ring (bicyclic) bond motifs is 1. The topological polar surface area (TPSA) is 58.9 Å². The van der Waals surface area contributed by atoms with Crippen LogP contribution in [-0.4, -0.2) is 37.0 Å². The molecule has 0 spiro atoms. The van der Waals surface area contributed by atoms with Crippen LogP contribution in [0.1, 0.15) is 37.3 Å². The summed E-state index contributed by atoms with van der Waals surface area (Å²) in [5.41, 5.74) is 1.22. The van der Waals surface area contributed by atoms with Crippen molar-refractivity contribution < 1.29 is 0 Å². The number of aryl methyl sites for hydroxylation is 1. The molecule has 116 valence electrons. The third kappa shape index (κ3) is 2.17. The van der Waals surface area contributed by atoms with Gasteiger partial charge in [0.15, 0.2) is 16.6 Å². The van der Waals surface area contributed by atoms with Gasteiger partial charge in [0.05, 0.1) is 10.7 Å². The number of nitrogens with zero attached hydrogens (tertiary/aromatic N) is 5. The number of imidazole rings is 1. The fourth-order valence-electron chi connectivity index (χ4n) is 3.22. The molecule has 1 N–H and O–H groups in total. The second kappa shape index (κ2) is 5.36. The van der Waals surface area contributed by atoms with Gasteiger partial charge in [-0.2, -0.15) is 4.37 Å². The normalized spacial score (nSPS) is 21.5. The second-order valence-corrected chi connectivity index (χ2v) is 6.99. The molecule has 1 fully saturated rings. The highest BCUT2D eigenvalue weighted by Gasteiger charge is 2.32. The molecule has 0 saturated carbocycles. The maximum atomic E-state index is 5.53. The predicted molar refractivity (Wildman–Crippen MR) is 91.5 cm³/mol. The van der Waals surface area contributed by atoms with Crippen LogP contribution in [0.4, 0.5) is 5.82 Å². The second-order valence-electron chi connectivity index (χ2n) is 5.77. The minimum atomic E-state index is 0.266. The zero-order valence-electron chi connectivity index (χ0n) is 12.7. The van der Waals surface area contributed by atoms with Crippen molar-refractivity contribution in [3.05, 3.63) is 11.5 Å². The van der Waals surface area contributed by atoms with Crippen LogP contribution >= 0.6 is 23.8 Å². The van der Waals surface area contributed by atoms with Crippen molar-refractivity contribution in [3.8, 4) is 10.8 Å². The van der Waals surface area contributed by atoms with Crippen LogP contribution in [0.5, 0.6) is 0 Å². The zero-order chi connectivity index (χ0) is 15.3. The highest BCUT2D eigenvalue weighted by Crippen LogP contribution is 2.36. The van der Waals surface area contributed by atoms with E-state index >= 15 is 0 Å². The van der Waals surface area contributed by atoms with E-state index in [1.807, 2.05) is 6.92 Å². The van der Waals surface area contributed by atoms with Crippen molar-refractivity contribution in [1.29, 1.82) is 0 Å². The summed E-state index contributed by atoms with van der Waals surface area (Å²) in [4.78, 5) is 12.6. The van der Waals surface area contributed by atoms with Crippen molar-refractivity contribution >= 4 is 34.6 Å². The molecule has 2 aromatic heterocycles. The molecule has 2 aromatic rings. The molecule has 0 aromatic carbocycles. The summed E-state index contributed by atoms with van der Waals surface area (Å²) in [5, 5.41) is 4.42. The van der Waals surface area contributed by atoms with Crippen molar-refractivity contribution in [2.45, 2.75) is 39.3 Å². The molecule has 8 heteroatoms. The summed E-state index contributed by atoms with van der Waals surface area (Å²) in [5.74, 6) is 2.74. The van der Waals surface area contributed by atoms with Gasteiger partial charge in [0, 0.05) is 25.7 Å². The average Bonchev–Trinajstić information content (AvgIpc) is 3.17. The van der Waals surface area contributed by atoms with Crippen molar-refractivity contribution in [1.82, 2.24) is 24.2 Å². The summed E-state index contributed by atoms with van der Waals surface area (Å²) in [6.07, 6.45) is 2.09. The van der Waals surface area contributed by atoms with Gasteiger partial charge in [-0.1, -0.05) is 12.2 Å². The van der Waals surface area contributed by atoms with E-state index in [4.69, 9.17) is 17.2 Å². The molecule has 0 aliphatic carbocycles. The molecule has 0 unspecified atom stereocenters. The summed E-state index contributed by atoms with van der Waals surface area (Å²) >= 11 is 6.94. The van der Waals surface area contributed by atoms with Gasteiger partial charge >= 0.3 is 0 Å². The minimum absolute atomic E-state index is 0.266. The Bertz CT molecular complexity index is 734. The van der Waals surface area contributed by atoms with Gasteiger partial charge in [0.2, 0.25) is 0 Å². The van der Waals surface area contributed by atoms with Crippen LogP contribution in [0.2, 0.25) is 0 Å². The van der Waals surface area contributed by atoms with Crippen LogP contribution in [0, 0.1) is 6.92 Å². The van der Waals surface area contributed by atoms with Crippen molar-refractivity contribution in [2.24, 2.45) is 0 Å². The lowest BCUT2D eigenvalue weighted by Gasteiger charge is -2.26. The lowest BCUT2D eigenvalue weighted by atomic mass is 10.2. The molecule has 1 atom stereocenters. The molecule has 2 aliphatic heterocycles. The van der Waals surface area contributed by atoms with E-state index in [1.54, 1.807) is 0 Å². The van der Waals surface area contributed by atoms with Crippen molar-refractivity contribution in [2.75, 3.05) is 18.0 Å². The van der Waals surface area contributed by atoms with Crippen LogP contribution in [0.25, 0.3) is 10.8 Å². The van der Waals surface area contributed by atoms with Gasteiger partial charge in [0.25, 0.3) is 0 Å². The van der Waals surface area contributed by atoms with Gasteiger partial charge in [-0.05, 0) is 38.2 Å². The highest BCUT2D eigenvalue weighted by atomic mass is 32.1. The monoisotopic (exact) mass is 334 g/mol. The molecule has 2 aliphatic rings. The number of hydrogen-bond donors (Lipinski definition) is 1. The maximum Gasteiger partial charge on any atom is 0.179 e. The van der Waals surface area contributed by atoms with Crippen LogP contribution in [-0.2, 0) is 6.54 Å². The summed E-state index contributed by atoms with van der Waals surface area (Å²) in [6.45, 7) is 6.91. The smallest absolute Gasteiger partial charge is 0.179 e. The molecular weight excluding hydrogens is 316 g/mol. The first-order valence-corrected chi connectivity index (χ1v) is 8.78. The first kappa shape index (κ1) is 14.2. The van der Waals surface area contributed by atoms with E-state index in [2.05, 4.69) is 31.1 Å². The molecule has 0 bridgehead atoms. The molecule has 0 radical (unpaired) electrons. The lowest BCUT2D eigenvalue weighted by molar-refractivity contribution is 0.451. The number of rotatable bonds is 2. The van der Waals surface area contributed by atoms with Gasteiger partial charge in [-0.3, -0.25) is 0 Å². The van der Waals surface area contributed by atoms with E-state index in [1.165, 1.54) is 17.2 Å². The molecule has 6 nitrogen and oxygen atoms in total. The van der Waals surface area contributed by atoms with E-state index in [-0.39, 0.29) is 6.04 Å². The maximum absolute atomic E-state index is 5.53. The Morgan fingerprint density at radius 3 is 2.86 bits per heavy atom. The van der Waals surface area contributed by atoms with Crippen molar-refractivity contribution in [3.63, 3.8) is 0 Å². The van der Waals surface area contributed by atoms with E-state index in [9.17, 15) is 0 Å². The first-order chi connectivity index (χ1) is 10.6. The van der Waals surface area contributed by atoms with E-state index < -0.39 is 0 Å². The molecule has 4 heterocycles. The Hall–Kier alpha value is -1.38. The Balaban J connectivity index is 1.88. The van der Waals surface area contributed by atoms with Gasteiger partial charge in [0.1, 0.15) is 5.82 Å². The number of anilines is 1. The predicted octanol–water partition coefficient (Wildman–Crippen LogP) is 2.30. The number of hydrogen-bond acceptors (Lipinski definition) is 6. The number of thiocarbonyl (C=S) groups is 1. The molecule has 22 heavy (non-hydrogen) atoms. The summed E-state index contributed by atoms with van der Waals surface area (Å²) in [7, 11) is 0. The number of aromatic nitrogens is 4. The Kier molecular flexibility index (Phi) is 3.47. The van der Waals surface area contributed by atoms with E-state index in [0.717, 1.165) is 59.9 Å². The minimum Gasteiger partial charge on any atom is -0.321 e. The van der Waals surface area contributed by atoms with Crippen LogP contribution in [0.15, 0.2) is 0 Å². The standard InChI is InChI=1S/C14H18N6S2/c1-8-11-12(19-6-3-4-10(19)21)17-13(20(11)7-5-15-8)14-16-9(2)18-22-14/h8,15H,3-7H2,1-2H3/t8-/m1/s1. The Labute approximate surface area is 138 Å². The van der Waals surface area contributed by atoms with Gasteiger partial charge in [-0.25, -0.2) is 9.97 Å².